The summed E-state index contributed by atoms with van der Waals surface area (Å²) in [5, 5.41) is 3.36. The Morgan fingerprint density at radius 1 is 1.23 bits per heavy atom. The molecule has 82 valence electrons. The number of piperazine rings is 1. The van der Waals surface area contributed by atoms with Crippen molar-refractivity contribution in [3.8, 4) is 0 Å². The van der Waals surface area contributed by atoms with Gasteiger partial charge in [-0.1, -0.05) is 34.6 Å². The van der Waals surface area contributed by atoms with Crippen LogP contribution in [0, 0.1) is 0 Å². The van der Waals surface area contributed by atoms with E-state index in [1.54, 1.807) is 0 Å². The zero-order chi connectivity index (χ0) is 10.7. The molecule has 1 N–H and O–H groups in total. The molecule has 0 radical (unpaired) electrons. The Hall–Kier alpha value is -0.0800. The molecule has 0 spiro atoms. The van der Waals surface area contributed by atoms with E-state index in [4.69, 9.17) is 0 Å². The smallest absolute Gasteiger partial charge is 0.0192 e. The molecule has 1 atom stereocenters. The molecule has 1 unspecified atom stereocenters. The lowest BCUT2D eigenvalue weighted by Gasteiger charge is -2.32. The van der Waals surface area contributed by atoms with Crippen molar-refractivity contribution in [3.05, 3.63) is 0 Å². The van der Waals surface area contributed by atoms with Crippen LogP contribution in [0.4, 0.5) is 0 Å². The first-order valence-electron chi connectivity index (χ1n) is 5.79. The van der Waals surface area contributed by atoms with Crippen molar-refractivity contribution in [3.63, 3.8) is 0 Å². The lowest BCUT2D eigenvalue weighted by molar-refractivity contribution is 0.183. The molecule has 1 fully saturated rings. The fraction of sp³-hybridized carbons (Fsp3) is 1.00. The van der Waals surface area contributed by atoms with Gasteiger partial charge < -0.3 is 5.32 Å². The third-order valence-electron chi connectivity index (χ3n) is 2.05. The van der Waals surface area contributed by atoms with Crippen LogP contribution in [0.2, 0.25) is 0 Å². The second-order valence-electron chi connectivity index (χ2n) is 2.68. The minimum absolute atomic E-state index is 0.740. The van der Waals surface area contributed by atoms with Gasteiger partial charge >= 0.3 is 0 Å². The van der Waals surface area contributed by atoms with Gasteiger partial charge in [0, 0.05) is 25.7 Å². The second kappa shape index (κ2) is 11.9. The zero-order valence-electron chi connectivity index (χ0n) is 10.4. The third-order valence-corrected chi connectivity index (χ3v) is 2.05. The second-order valence-corrected chi connectivity index (χ2v) is 2.68. The van der Waals surface area contributed by atoms with Gasteiger partial charge in [0.2, 0.25) is 0 Å². The predicted molar refractivity (Wildman–Crippen MR) is 62.3 cm³/mol. The van der Waals surface area contributed by atoms with Gasteiger partial charge in [-0.15, -0.1) is 0 Å². The highest BCUT2D eigenvalue weighted by molar-refractivity contribution is 4.74. The Labute approximate surface area is 84.7 Å². The quantitative estimate of drug-likeness (QED) is 0.679. The van der Waals surface area contributed by atoms with E-state index in [2.05, 4.69) is 24.1 Å². The summed E-state index contributed by atoms with van der Waals surface area (Å²) >= 11 is 0. The predicted octanol–water partition coefficient (Wildman–Crippen LogP) is 2.35. The van der Waals surface area contributed by atoms with Gasteiger partial charge in [-0.3, -0.25) is 4.90 Å². The van der Waals surface area contributed by atoms with Gasteiger partial charge in [-0.25, -0.2) is 0 Å². The van der Waals surface area contributed by atoms with Gasteiger partial charge in [0.1, 0.15) is 0 Å². The summed E-state index contributed by atoms with van der Waals surface area (Å²) < 4.78 is 0. The van der Waals surface area contributed by atoms with Crippen LogP contribution in [-0.4, -0.2) is 37.1 Å². The number of rotatable bonds is 1. The molecule has 0 aromatic rings. The van der Waals surface area contributed by atoms with E-state index in [9.17, 15) is 0 Å². The molecule has 1 saturated heterocycles. The fourth-order valence-electron chi connectivity index (χ4n) is 1.35. The minimum Gasteiger partial charge on any atom is -0.314 e. The molecule has 1 aliphatic heterocycles. The van der Waals surface area contributed by atoms with E-state index >= 15 is 0 Å². The molecule has 0 amide bonds. The average Bonchev–Trinajstić information content (AvgIpc) is 2.24. The molecule has 1 heterocycles. The summed E-state index contributed by atoms with van der Waals surface area (Å²) in [4.78, 5) is 2.50. The Balaban J connectivity index is 0. The van der Waals surface area contributed by atoms with E-state index in [1.807, 2.05) is 27.7 Å². The van der Waals surface area contributed by atoms with Crippen molar-refractivity contribution in [1.29, 1.82) is 0 Å². The van der Waals surface area contributed by atoms with Gasteiger partial charge in [0.05, 0.1) is 0 Å². The van der Waals surface area contributed by atoms with Crippen LogP contribution in [0.5, 0.6) is 0 Å². The standard InChI is InChI=1S/C7H16N2.2C2H6/c1-3-9-5-4-8-6-7(9)2;2*1-2/h7-8H,3-6H2,1-2H3;2*1-2H3. The molecule has 0 aliphatic carbocycles. The molecule has 0 bridgehead atoms. The molecule has 2 heteroatoms. The monoisotopic (exact) mass is 188 g/mol. The van der Waals surface area contributed by atoms with Crippen molar-refractivity contribution >= 4 is 0 Å². The molecule has 0 saturated carbocycles. The molecule has 1 aliphatic rings. The maximum absolute atomic E-state index is 3.36. The summed E-state index contributed by atoms with van der Waals surface area (Å²) in [6.07, 6.45) is 0. The van der Waals surface area contributed by atoms with Gasteiger partial charge in [-0.05, 0) is 13.5 Å². The maximum atomic E-state index is 3.36. The van der Waals surface area contributed by atoms with Gasteiger partial charge in [0.15, 0.2) is 0 Å². The summed E-state index contributed by atoms with van der Waals surface area (Å²) in [5.41, 5.74) is 0. The molecule has 0 aromatic carbocycles. The third kappa shape index (κ3) is 7.03. The first-order valence-corrected chi connectivity index (χ1v) is 5.79. The van der Waals surface area contributed by atoms with E-state index in [0.29, 0.717) is 0 Å². The highest BCUT2D eigenvalue weighted by atomic mass is 15.2. The highest BCUT2D eigenvalue weighted by Gasteiger charge is 2.14. The van der Waals surface area contributed by atoms with E-state index in [-0.39, 0.29) is 0 Å². The van der Waals surface area contributed by atoms with Crippen LogP contribution in [0.3, 0.4) is 0 Å². The molecule has 1 rings (SSSR count). The van der Waals surface area contributed by atoms with Crippen LogP contribution in [0.25, 0.3) is 0 Å². The SMILES string of the molecule is CC.CC.CCN1CCNCC1C. The molecule has 0 aromatic heterocycles. The first-order chi connectivity index (χ1) is 6.34. The van der Waals surface area contributed by atoms with Crippen molar-refractivity contribution < 1.29 is 0 Å². The van der Waals surface area contributed by atoms with Crippen molar-refractivity contribution in [2.45, 2.75) is 47.6 Å². The number of hydrogen-bond acceptors (Lipinski definition) is 2. The Morgan fingerprint density at radius 3 is 2.08 bits per heavy atom. The highest BCUT2D eigenvalue weighted by Crippen LogP contribution is 1.99. The minimum atomic E-state index is 0.740. The van der Waals surface area contributed by atoms with Gasteiger partial charge in [0.25, 0.3) is 0 Å². The summed E-state index contributed by atoms with van der Waals surface area (Å²) in [6, 6.07) is 0.740. The average molecular weight is 188 g/mol. The van der Waals surface area contributed by atoms with Crippen molar-refractivity contribution in [2.24, 2.45) is 0 Å². The first kappa shape index (κ1) is 15.4. The van der Waals surface area contributed by atoms with Crippen LogP contribution in [-0.2, 0) is 0 Å². The van der Waals surface area contributed by atoms with Crippen LogP contribution < -0.4 is 5.32 Å². The molecular formula is C11H28N2. The summed E-state index contributed by atoms with van der Waals surface area (Å²) in [7, 11) is 0. The largest absolute Gasteiger partial charge is 0.314 e. The summed E-state index contributed by atoms with van der Waals surface area (Å²) in [6.45, 7) is 17.2. The number of nitrogens with one attached hydrogen (secondary N) is 1. The number of nitrogens with zero attached hydrogens (tertiary/aromatic N) is 1. The van der Waals surface area contributed by atoms with Crippen molar-refractivity contribution in [2.75, 3.05) is 26.2 Å². The van der Waals surface area contributed by atoms with Crippen LogP contribution >= 0.6 is 0 Å². The maximum Gasteiger partial charge on any atom is 0.0192 e. The number of hydrogen-bond donors (Lipinski definition) is 1. The number of likely N-dealkylation sites (N-methyl/N-ethyl adjacent to an activating group) is 1. The fourth-order valence-corrected chi connectivity index (χ4v) is 1.35. The van der Waals surface area contributed by atoms with E-state index in [1.165, 1.54) is 13.1 Å². The van der Waals surface area contributed by atoms with Crippen molar-refractivity contribution in [1.82, 2.24) is 10.2 Å². The van der Waals surface area contributed by atoms with Crippen LogP contribution in [0.15, 0.2) is 0 Å². The van der Waals surface area contributed by atoms with Crippen LogP contribution in [0.1, 0.15) is 41.5 Å². The topological polar surface area (TPSA) is 15.3 Å². The van der Waals surface area contributed by atoms with Gasteiger partial charge in [-0.2, -0.15) is 0 Å². The summed E-state index contributed by atoms with van der Waals surface area (Å²) in [5.74, 6) is 0. The van der Waals surface area contributed by atoms with E-state index in [0.717, 1.165) is 19.1 Å². The molecule has 13 heavy (non-hydrogen) atoms. The Kier molecular flexibility index (Phi) is 14.1. The lowest BCUT2D eigenvalue weighted by atomic mass is 10.2. The molecular weight excluding hydrogens is 160 g/mol. The normalized spacial score (nSPS) is 22.2. The molecule has 2 nitrogen and oxygen atoms in total. The zero-order valence-corrected chi connectivity index (χ0v) is 10.4. The Morgan fingerprint density at radius 2 is 1.77 bits per heavy atom. The lowest BCUT2D eigenvalue weighted by Crippen LogP contribution is -2.49. The Bertz CT molecular complexity index is 84.2. The van der Waals surface area contributed by atoms with E-state index < -0.39 is 0 Å².